The van der Waals surface area contributed by atoms with Crippen molar-refractivity contribution in [2.75, 3.05) is 23.8 Å². The Morgan fingerprint density at radius 3 is 1.25 bits per heavy atom. The summed E-state index contributed by atoms with van der Waals surface area (Å²) in [7, 11) is 0. The van der Waals surface area contributed by atoms with Crippen molar-refractivity contribution in [2.24, 2.45) is 0 Å². The molecule has 0 aliphatic rings. The third-order valence-corrected chi connectivity index (χ3v) is 6.81. The van der Waals surface area contributed by atoms with E-state index in [1.54, 1.807) is 0 Å². The molecule has 0 bridgehead atoms. The quantitative estimate of drug-likeness (QED) is 0.271. The average molecular weight is 627 g/mol. The molecule has 0 fully saturated rings. The lowest BCUT2D eigenvalue weighted by Crippen LogP contribution is -2.67. The van der Waals surface area contributed by atoms with Gasteiger partial charge in [-0.3, -0.25) is 20.2 Å². The van der Waals surface area contributed by atoms with Gasteiger partial charge in [-0.25, -0.2) is 19.6 Å². The van der Waals surface area contributed by atoms with Gasteiger partial charge in [0.2, 0.25) is 0 Å². The number of alkyl halides is 8. The van der Waals surface area contributed by atoms with Crippen molar-refractivity contribution in [1.82, 2.24) is 9.97 Å². The van der Waals surface area contributed by atoms with Crippen LogP contribution in [0.25, 0.3) is 0 Å². The lowest BCUT2D eigenvalue weighted by Gasteiger charge is -2.35. The van der Waals surface area contributed by atoms with Gasteiger partial charge in [-0.1, -0.05) is 22.7 Å². The number of amides is 2. The number of nitrogens with one attached hydrogen (secondary N) is 2. The Morgan fingerprint density at radius 1 is 0.675 bits per heavy atom. The number of hydrogen-bond donors (Lipinski definition) is 2. The zero-order chi connectivity index (χ0) is 30.8. The summed E-state index contributed by atoms with van der Waals surface area (Å²) in [5.74, 6) is -35.8. The van der Waals surface area contributed by atoms with Crippen LogP contribution in [0.1, 0.15) is 44.6 Å². The molecule has 222 valence electrons. The Morgan fingerprint density at radius 2 is 0.975 bits per heavy atom. The van der Waals surface area contributed by atoms with E-state index in [1.807, 2.05) is 0 Å². The average Bonchev–Trinajstić information content (AvgIpc) is 3.40. The molecule has 2 amide bonds. The van der Waals surface area contributed by atoms with Crippen molar-refractivity contribution in [1.29, 1.82) is 0 Å². The Balaban J connectivity index is 2.31. The van der Waals surface area contributed by atoms with Crippen molar-refractivity contribution in [3.8, 4) is 0 Å². The molecule has 0 atom stereocenters. The molecule has 2 rings (SSSR count). The summed E-state index contributed by atoms with van der Waals surface area (Å²) in [4.78, 5) is 53.4. The van der Waals surface area contributed by atoms with Crippen LogP contribution in [0.2, 0.25) is 0 Å². The molecule has 20 heteroatoms. The number of halogens is 8. The van der Waals surface area contributed by atoms with E-state index in [2.05, 4.69) is 19.4 Å². The molecule has 40 heavy (non-hydrogen) atoms. The molecule has 0 aromatic carbocycles. The van der Waals surface area contributed by atoms with Crippen LogP contribution >= 0.6 is 22.7 Å². The Labute approximate surface area is 227 Å². The van der Waals surface area contributed by atoms with Gasteiger partial charge in [0.15, 0.2) is 10.3 Å². The number of thiazole rings is 2. The van der Waals surface area contributed by atoms with Crippen LogP contribution < -0.4 is 10.6 Å². The highest BCUT2D eigenvalue weighted by Crippen LogP contribution is 2.53. The van der Waals surface area contributed by atoms with Gasteiger partial charge in [0.25, 0.3) is 0 Å². The third kappa shape index (κ3) is 5.86. The summed E-state index contributed by atoms with van der Waals surface area (Å²) in [6.45, 7) is 4.83. The molecule has 0 saturated carbocycles. The number of nitrogens with zero attached hydrogens (tertiary/aromatic N) is 2. The summed E-state index contributed by atoms with van der Waals surface area (Å²) in [6, 6.07) is 0. The minimum atomic E-state index is -7.16. The van der Waals surface area contributed by atoms with E-state index in [-0.39, 0.29) is 57.0 Å². The molecule has 0 aliphatic heterocycles. The number of hydrogen-bond acceptors (Lipinski definition) is 10. The van der Waals surface area contributed by atoms with Gasteiger partial charge in [-0.15, -0.1) is 0 Å². The lowest BCUT2D eigenvalue weighted by molar-refractivity contribution is -0.345. The predicted octanol–water partition coefficient (Wildman–Crippen LogP) is 4.69. The van der Waals surface area contributed by atoms with Crippen LogP contribution in [0, 0.1) is 13.8 Å². The van der Waals surface area contributed by atoms with E-state index in [4.69, 9.17) is 0 Å². The summed E-state index contributed by atoms with van der Waals surface area (Å²) in [5, 5.41) is 0.259. The van der Waals surface area contributed by atoms with Crippen molar-refractivity contribution in [2.45, 2.75) is 51.4 Å². The first-order valence-corrected chi connectivity index (χ1v) is 12.3. The fourth-order valence-corrected chi connectivity index (χ4v) is 4.41. The summed E-state index contributed by atoms with van der Waals surface area (Å²) >= 11 is 0.311. The molecule has 0 spiro atoms. The molecular formula is C20H18F8N4O6S2. The maximum atomic E-state index is 14.3. The molecular weight excluding hydrogens is 608 g/mol. The highest BCUT2D eigenvalue weighted by Gasteiger charge is 2.84. The Kier molecular flexibility index (Phi) is 9.50. The summed E-state index contributed by atoms with van der Waals surface area (Å²) < 4.78 is 124. The number of ether oxygens (including phenoxy) is 2. The first kappa shape index (κ1) is 32.8. The molecule has 0 aliphatic carbocycles. The largest absolute Gasteiger partial charge is 0.462 e. The fourth-order valence-electron chi connectivity index (χ4n) is 2.70. The van der Waals surface area contributed by atoms with Crippen molar-refractivity contribution in [3.05, 3.63) is 21.1 Å². The highest BCUT2D eigenvalue weighted by molar-refractivity contribution is 7.18. The van der Waals surface area contributed by atoms with Gasteiger partial charge in [0.05, 0.1) is 24.6 Å². The molecule has 0 radical (unpaired) electrons. The van der Waals surface area contributed by atoms with Crippen LogP contribution in [0.15, 0.2) is 0 Å². The minimum Gasteiger partial charge on any atom is -0.462 e. The smallest absolute Gasteiger partial charge is 0.393 e. The first-order valence-electron chi connectivity index (χ1n) is 10.7. The molecule has 0 unspecified atom stereocenters. The summed E-state index contributed by atoms with van der Waals surface area (Å²) in [6.07, 6.45) is 0. The molecule has 2 heterocycles. The maximum Gasteiger partial charge on any atom is 0.393 e. The van der Waals surface area contributed by atoms with Crippen LogP contribution in [0.3, 0.4) is 0 Å². The zero-order valence-electron chi connectivity index (χ0n) is 20.6. The van der Waals surface area contributed by atoms with Crippen molar-refractivity contribution < 1.29 is 63.8 Å². The zero-order valence-corrected chi connectivity index (χ0v) is 22.2. The normalized spacial score (nSPS) is 12.6. The number of anilines is 2. The Hall–Kier alpha value is -3.42. The van der Waals surface area contributed by atoms with Crippen LogP contribution in [0.4, 0.5) is 45.4 Å². The number of esters is 2. The summed E-state index contributed by atoms with van der Waals surface area (Å²) in [5.41, 5.74) is -0.434. The van der Waals surface area contributed by atoms with Gasteiger partial charge >= 0.3 is 47.4 Å². The standard InChI is InChI=1S/C20H18F8N4O6S2/c1-5-37-11(33)9-7(3)29-15(39-9)31-13(35)17(21,22)19(25,26)20(27,28)18(23,24)14(36)32-16-30-8(4)10(40-16)12(34)38-6-2/h5-6H2,1-4H3,(H,29,31,35)(H,30,32,36). The molecule has 2 aromatic heterocycles. The maximum absolute atomic E-state index is 14.3. The van der Waals surface area contributed by atoms with Crippen LogP contribution in [-0.4, -0.2) is 70.6 Å². The van der Waals surface area contributed by atoms with E-state index < -0.39 is 57.7 Å². The van der Waals surface area contributed by atoms with E-state index >= 15 is 0 Å². The van der Waals surface area contributed by atoms with E-state index in [0.29, 0.717) is 0 Å². The number of carbonyl (C=O) groups is 4. The van der Waals surface area contributed by atoms with Crippen molar-refractivity contribution >= 4 is 56.7 Å². The van der Waals surface area contributed by atoms with Gasteiger partial charge < -0.3 is 9.47 Å². The van der Waals surface area contributed by atoms with Crippen LogP contribution in [0.5, 0.6) is 0 Å². The predicted molar refractivity (Wildman–Crippen MR) is 123 cm³/mol. The van der Waals surface area contributed by atoms with Gasteiger partial charge in [-0.05, 0) is 27.7 Å². The van der Waals surface area contributed by atoms with E-state index in [0.717, 1.165) is 24.5 Å². The molecule has 2 N–H and O–H groups in total. The second kappa shape index (κ2) is 11.6. The van der Waals surface area contributed by atoms with Crippen LogP contribution in [-0.2, 0) is 19.1 Å². The van der Waals surface area contributed by atoms with Crippen molar-refractivity contribution in [3.63, 3.8) is 0 Å². The molecule has 10 nitrogen and oxygen atoms in total. The van der Waals surface area contributed by atoms with E-state index in [9.17, 15) is 54.3 Å². The minimum absolute atomic E-state index is 0.131. The second-order valence-corrected chi connectivity index (χ2v) is 9.51. The number of rotatable bonds is 11. The van der Waals surface area contributed by atoms with E-state index in [1.165, 1.54) is 13.8 Å². The molecule has 0 saturated heterocycles. The SMILES string of the molecule is CCOC(=O)c1sc(NC(=O)C(F)(F)C(F)(F)C(F)(F)C(F)(F)C(=O)Nc2nc(C)c(C(=O)OCC)s2)nc1C. The molecule has 2 aromatic rings. The van der Waals surface area contributed by atoms with Gasteiger partial charge in [0, 0.05) is 0 Å². The fraction of sp³-hybridized carbons (Fsp3) is 0.500. The first-order chi connectivity index (χ1) is 18.3. The third-order valence-electron chi connectivity index (χ3n) is 4.71. The number of carbonyl (C=O) groups excluding carboxylic acids is 4. The topological polar surface area (TPSA) is 137 Å². The number of aryl methyl sites for hydroxylation is 2. The van der Waals surface area contributed by atoms with Gasteiger partial charge in [0.1, 0.15) is 9.75 Å². The monoisotopic (exact) mass is 626 g/mol. The lowest BCUT2D eigenvalue weighted by atomic mass is 9.97. The highest BCUT2D eigenvalue weighted by atomic mass is 32.1. The Bertz CT molecular complexity index is 1220. The van der Waals surface area contributed by atoms with Gasteiger partial charge in [-0.2, -0.15) is 35.1 Å². The number of aromatic nitrogens is 2. The second-order valence-electron chi connectivity index (χ2n) is 7.51.